The van der Waals surface area contributed by atoms with Gasteiger partial charge in [-0.25, -0.2) is 4.79 Å². The number of nitrogens with zero attached hydrogens (tertiary/aromatic N) is 1. The Bertz CT molecular complexity index is 458. The summed E-state index contributed by atoms with van der Waals surface area (Å²) in [5.41, 5.74) is 0. The molecule has 2 fully saturated rings. The number of amides is 1. The molecule has 1 unspecified atom stereocenters. The maximum Gasteiger partial charge on any atom is 0.326 e. The van der Waals surface area contributed by atoms with Crippen LogP contribution >= 0.6 is 0 Å². The van der Waals surface area contributed by atoms with Gasteiger partial charge in [0.25, 0.3) is 0 Å². The van der Waals surface area contributed by atoms with Crippen LogP contribution in [0.2, 0.25) is 0 Å². The first-order valence-corrected chi connectivity index (χ1v) is 6.71. The first-order valence-electron chi connectivity index (χ1n) is 5.26. The molecule has 96 valence electrons. The van der Waals surface area contributed by atoms with Crippen molar-refractivity contribution in [3.05, 3.63) is 0 Å². The van der Waals surface area contributed by atoms with E-state index in [0.717, 1.165) is 4.90 Å². The Morgan fingerprint density at radius 1 is 1.47 bits per heavy atom. The SMILES string of the molecule is O=C(O)[C@H](C1CC1)N1CC(S(=O)(=O)F)CC1=O. The lowest BCUT2D eigenvalue weighted by Crippen LogP contribution is -2.44. The third kappa shape index (κ3) is 2.41. The van der Waals surface area contributed by atoms with Crippen LogP contribution in [-0.4, -0.2) is 48.1 Å². The zero-order valence-electron chi connectivity index (χ0n) is 8.87. The Morgan fingerprint density at radius 2 is 2.06 bits per heavy atom. The number of halogens is 1. The standard InChI is InChI=1S/C9H12FNO5S/c10-17(15,16)6-3-7(12)11(4-6)8(9(13)14)5-1-2-5/h5-6,8H,1-4H2,(H,13,14)/t6?,8-/m0/s1. The zero-order valence-corrected chi connectivity index (χ0v) is 9.69. The van der Waals surface area contributed by atoms with Crippen molar-refractivity contribution in [3.63, 3.8) is 0 Å². The maximum atomic E-state index is 12.8. The lowest BCUT2D eigenvalue weighted by Gasteiger charge is -2.24. The van der Waals surface area contributed by atoms with Crippen LogP contribution in [0.25, 0.3) is 0 Å². The molecular weight excluding hydrogens is 253 g/mol. The Balaban J connectivity index is 2.17. The number of carbonyl (C=O) groups is 2. The molecule has 0 spiro atoms. The molecule has 1 saturated carbocycles. The third-order valence-corrected chi connectivity index (χ3v) is 4.29. The fraction of sp³-hybridized carbons (Fsp3) is 0.778. The van der Waals surface area contributed by atoms with E-state index in [1.165, 1.54) is 0 Å². The van der Waals surface area contributed by atoms with Crippen molar-refractivity contribution in [2.45, 2.75) is 30.6 Å². The number of carbonyl (C=O) groups excluding carboxylic acids is 1. The topological polar surface area (TPSA) is 91.8 Å². The van der Waals surface area contributed by atoms with Gasteiger partial charge < -0.3 is 10.0 Å². The van der Waals surface area contributed by atoms with Crippen molar-refractivity contribution in [3.8, 4) is 0 Å². The van der Waals surface area contributed by atoms with Gasteiger partial charge in [0.05, 0.1) is 0 Å². The van der Waals surface area contributed by atoms with Gasteiger partial charge in [0.2, 0.25) is 5.91 Å². The minimum absolute atomic E-state index is 0.127. The van der Waals surface area contributed by atoms with Crippen LogP contribution in [0.5, 0.6) is 0 Å². The third-order valence-electron chi connectivity index (χ3n) is 3.18. The first-order chi connectivity index (χ1) is 7.80. The minimum Gasteiger partial charge on any atom is -0.480 e. The summed E-state index contributed by atoms with van der Waals surface area (Å²) in [6, 6.07) is -1.01. The van der Waals surface area contributed by atoms with Crippen LogP contribution < -0.4 is 0 Å². The van der Waals surface area contributed by atoms with Crippen LogP contribution in [0.1, 0.15) is 19.3 Å². The van der Waals surface area contributed by atoms with Crippen molar-refractivity contribution in [1.29, 1.82) is 0 Å². The highest BCUT2D eigenvalue weighted by atomic mass is 32.3. The molecule has 1 aliphatic carbocycles. The maximum absolute atomic E-state index is 12.8. The molecule has 8 heteroatoms. The van der Waals surface area contributed by atoms with Gasteiger partial charge >= 0.3 is 16.2 Å². The van der Waals surface area contributed by atoms with E-state index in [9.17, 15) is 21.9 Å². The molecule has 0 bridgehead atoms. The molecule has 0 aromatic heterocycles. The van der Waals surface area contributed by atoms with Gasteiger partial charge in [0.1, 0.15) is 11.3 Å². The van der Waals surface area contributed by atoms with Crippen LogP contribution in [0.3, 0.4) is 0 Å². The molecule has 6 nitrogen and oxygen atoms in total. The molecule has 1 amide bonds. The van der Waals surface area contributed by atoms with Crippen molar-refractivity contribution in [2.24, 2.45) is 5.92 Å². The number of likely N-dealkylation sites (tertiary alicyclic amines) is 1. The zero-order chi connectivity index (χ0) is 12.8. The van der Waals surface area contributed by atoms with Crippen LogP contribution in [-0.2, 0) is 19.8 Å². The van der Waals surface area contributed by atoms with Crippen molar-refractivity contribution in [1.82, 2.24) is 4.90 Å². The molecule has 17 heavy (non-hydrogen) atoms. The van der Waals surface area contributed by atoms with E-state index in [0.29, 0.717) is 12.8 Å². The van der Waals surface area contributed by atoms with Gasteiger partial charge in [-0.2, -0.15) is 8.42 Å². The highest BCUT2D eigenvalue weighted by Gasteiger charge is 2.48. The van der Waals surface area contributed by atoms with E-state index in [2.05, 4.69) is 0 Å². The number of carboxylic acid groups (broad SMARTS) is 1. The molecule has 0 radical (unpaired) electrons. The Hall–Kier alpha value is -1.18. The molecule has 2 rings (SSSR count). The highest BCUT2D eigenvalue weighted by Crippen LogP contribution is 2.37. The molecule has 0 aromatic rings. The summed E-state index contributed by atoms with van der Waals surface area (Å²) in [5, 5.41) is 7.59. The van der Waals surface area contributed by atoms with Crippen molar-refractivity contribution in [2.75, 3.05) is 6.54 Å². The molecule has 1 aliphatic heterocycles. The summed E-state index contributed by atoms with van der Waals surface area (Å²) in [7, 11) is -4.79. The lowest BCUT2D eigenvalue weighted by atomic mass is 10.1. The number of hydrogen-bond donors (Lipinski definition) is 1. The van der Waals surface area contributed by atoms with Crippen LogP contribution in [0, 0.1) is 5.92 Å². The fourth-order valence-corrected chi connectivity index (χ4v) is 2.84. The Kier molecular flexibility index (Phi) is 2.84. The quantitative estimate of drug-likeness (QED) is 0.708. The first kappa shape index (κ1) is 12.3. The summed E-state index contributed by atoms with van der Waals surface area (Å²) < 4.78 is 34.2. The molecular formula is C9H12FNO5S. The van der Waals surface area contributed by atoms with Gasteiger partial charge in [-0.1, -0.05) is 0 Å². The Morgan fingerprint density at radius 3 is 2.41 bits per heavy atom. The van der Waals surface area contributed by atoms with E-state index in [4.69, 9.17) is 5.11 Å². The van der Waals surface area contributed by atoms with E-state index in [1.54, 1.807) is 0 Å². The average Bonchev–Trinajstić information content (AvgIpc) is 2.90. The number of rotatable bonds is 4. The van der Waals surface area contributed by atoms with Crippen molar-refractivity contribution >= 4 is 22.1 Å². The molecule has 0 aromatic carbocycles. The number of aliphatic carboxylic acids is 1. The number of carboxylic acids is 1. The van der Waals surface area contributed by atoms with E-state index in [1.807, 2.05) is 0 Å². The van der Waals surface area contributed by atoms with E-state index in [-0.39, 0.29) is 12.5 Å². The summed E-state index contributed by atoms with van der Waals surface area (Å²) >= 11 is 0. The second-order valence-corrected chi connectivity index (χ2v) is 6.09. The minimum atomic E-state index is -4.79. The van der Waals surface area contributed by atoms with Crippen LogP contribution in [0.15, 0.2) is 0 Å². The predicted octanol–water partition coefficient (Wildman–Crippen LogP) is -0.250. The molecule has 2 atom stereocenters. The predicted molar refractivity (Wildman–Crippen MR) is 54.3 cm³/mol. The summed E-state index contributed by atoms with van der Waals surface area (Å²) in [5.74, 6) is -1.88. The highest BCUT2D eigenvalue weighted by molar-refractivity contribution is 7.87. The largest absolute Gasteiger partial charge is 0.480 e. The van der Waals surface area contributed by atoms with Gasteiger partial charge in [0, 0.05) is 13.0 Å². The van der Waals surface area contributed by atoms with Crippen LogP contribution in [0.4, 0.5) is 3.89 Å². The van der Waals surface area contributed by atoms with Gasteiger partial charge in [-0.05, 0) is 18.8 Å². The van der Waals surface area contributed by atoms with Gasteiger partial charge in [0.15, 0.2) is 0 Å². The molecule has 1 heterocycles. The summed E-state index contributed by atoms with van der Waals surface area (Å²) in [6.07, 6.45) is 0.941. The monoisotopic (exact) mass is 265 g/mol. The summed E-state index contributed by atoms with van der Waals surface area (Å²) in [6.45, 7) is -0.356. The second kappa shape index (κ2) is 3.94. The molecule has 1 saturated heterocycles. The smallest absolute Gasteiger partial charge is 0.326 e. The normalized spacial score (nSPS) is 27.2. The Labute approximate surface area is 97.6 Å². The van der Waals surface area contributed by atoms with Crippen molar-refractivity contribution < 1.29 is 27.0 Å². The van der Waals surface area contributed by atoms with Gasteiger partial charge in [-0.3, -0.25) is 4.79 Å². The molecule has 2 aliphatic rings. The average molecular weight is 265 g/mol. The molecule has 1 N–H and O–H groups in total. The van der Waals surface area contributed by atoms with Gasteiger partial charge in [-0.15, -0.1) is 3.89 Å². The lowest BCUT2D eigenvalue weighted by molar-refractivity contribution is -0.149. The van der Waals surface area contributed by atoms with E-state index >= 15 is 0 Å². The summed E-state index contributed by atoms with van der Waals surface area (Å²) in [4.78, 5) is 23.6. The second-order valence-electron chi connectivity index (χ2n) is 4.47. The van der Waals surface area contributed by atoms with E-state index < -0.39 is 39.8 Å². The fourth-order valence-electron chi connectivity index (χ4n) is 2.16. The number of hydrogen-bond acceptors (Lipinski definition) is 4.